The molecule has 0 aliphatic heterocycles. The number of carboxylic acid groups (broad SMARTS) is 2. The molecule has 0 atom stereocenters. The highest BCUT2D eigenvalue weighted by molar-refractivity contribution is 6.10. The van der Waals surface area contributed by atoms with Crippen LogP contribution in [-0.2, 0) is 0 Å². The molecular formula is C28H18O7. The van der Waals surface area contributed by atoms with E-state index in [-0.39, 0.29) is 33.8 Å². The van der Waals surface area contributed by atoms with Gasteiger partial charge in [-0.2, -0.15) is 0 Å². The fourth-order valence-corrected chi connectivity index (χ4v) is 3.41. The highest BCUT2D eigenvalue weighted by atomic mass is 16.5. The third-order valence-electron chi connectivity index (χ3n) is 5.21. The summed E-state index contributed by atoms with van der Waals surface area (Å²) in [7, 11) is 0. The molecule has 7 nitrogen and oxygen atoms in total. The van der Waals surface area contributed by atoms with Gasteiger partial charge in [-0.05, 0) is 72.8 Å². The Morgan fingerprint density at radius 2 is 0.800 bits per heavy atom. The monoisotopic (exact) mass is 466 g/mol. The maximum absolute atomic E-state index is 12.7. The minimum Gasteiger partial charge on any atom is -0.478 e. The number of rotatable bonds is 8. The second-order valence-electron chi connectivity index (χ2n) is 7.58. The van der Waals surface area contributed by atoms with E-state index in [1.807, 2.05) is 0 Å². The highest BCUT2D eigenvalue weighted by Crippen LogP contribution is 2.24. The smallest absolute Gasteiger partial charge is 0.335 e. The second kappa shape index (κ2) is 9.84. The summed E-state index contributed by atoms with van der Waals surface area (Å²) in [6.45, 7) is 0. The molecule has 0 radical (unpaired) electrons. The Balaban J connectivity index is 1.45. The number of hydrogen-bond acceptors (Lipinski definition) is 5. The number of hydrogen-bond donors (Lipinski definition) is 2. The van der Waals surface area contributed by atoms with Crippen LogP contribution in [0.3, 0.4) is 0 Å². The molecule has 0 aliphatic carbocycles. The molecule has 0 amide bonds. The van der Waals surface area contributed by atoms with E-state index in [1.54, 1.807) is 60.7 Å². The lowest BCUT2D eigenvalue weighted by Crippen LogP contribution is -2.04. The molecule has 0 heterocycles. The van der Waals surface area contributed by atoms with Crippen molar-refractivity contribution in [2.45, 2.75) is 0 Å². The number of carboxylic acids is 2. The van der Waals surface area contributed by atoms with Crippen molar-refractivity contribution in [3.8, 4) is 11.5 Å². The highest BCUT2D eigenvalue weighted by Gasteiger charge is 2.14. The van der Waals surface area contributed by atoms with Gasteiger partial charge in [0.25, 0.3) is 0 Å². The number of carbonyl (C=O) groups excluding carboxylic acids is 2. The Hall–Kier alpha value is -5.04. The first-order valence-corrected chi connectivity index (χ1v) is 10.5. The van der Waals surface area contributed by atoms with Crippen molar-refractivity contribution in [1.82, 2.24) is 0 Å². The summed E-state index contributed by atoms with van der Waals surface area (Å²) < 4.78 is 5.78. The molecule has 0 bridgehead atoms. The van der Waals surface area contributed by atoms with Gasteiger partial charge in [-0.15, -0.1) is 0 Å². The van der Waals surface area contributed by atoms with E-state index in [2.05, 4.69) is 0 Å². The molecule has 35 heavy (non-hydrogen) atoms. The summed E-state index contributed by atoms with van der Waals surface area (Å²) in [5, 5.41) is 18.2. The number of ether oxygens (including phenoxy) is 1. The van der Waals surface area contributed by atoms with Crippen LogP contribution >= 0.6 is 0 Å². The lowest BCUT2D eigenvalue weighted by atomic mass is 10.0. The van der Waals surface area contributed by atoms with E-state index in [0.717, 1.165) is 0 Å². The molecule has 0 spiro atoms. The molecule has 0 saturated heterocycles. The summed E-state index contributed by atoms with van der Waals surface area (Å²) in [5.41, 5.74) is 1.37. The Morgan fingerprint density at radius 1 is 0.457 bits per heavy atom. The summed E-state index contributed by atoms with van der Waals surface area (Å²) >= 11 is 0. The van der Waals surface area contributed by atoms with E-state index >= 15 is 0 Å². The third-order valence-corrected chi connectivity index (χ3v) is 5.21. The summed E-state index contributed by atoms with van der Waals surface area (Å²) in [4.78, 5) is 47.6. The molecule has 4 aromatic rings. The quantitative estimate of drug-likeness (QED) is 0.337. The van der Waals surface area contributed by atoms with Crippen molar-refractivity contribution in [3.05, 3.63) is 130 Å². The Morgan fingerprint density at radius 3 is 1.14 bits per heavy atom. The first-order valence-electron chi connectivity index (χ1n) is 10.5. The average molecular weight is 466 g/mol. The molecule has 7 heteroatoms. The Bertz CT molecular complexity index is 1320. The van der Waals surface area contributed by atoms with Gasteiger partial charge < -0.3 is 14.9 Å². The molecule has 0 unspecified atom stereocenters. The van der Waals surface area contributed by atoms with Gasteiger partial charge in [-0.1, -0.05) is 24.3 Å². The van der Waals surface area contributed by atoms with Gasteiger partial charge in [0, 0.05) is 22.3 Å². The van der Waals surface area contributed by atoms with Crippen molar-refractivity contribution in [2.75, 3.05) is 0 Å². The van der Waals surface area contributed by atoms with Crippen LogP contribution in [0.15, 0.2) is 97.1 Å². The van der Waals surface area contributed by atoms with Crippen LogP contribution in [-0.4, -0.2) is 33.7 Å². The Kier molecular flexibility index (Phi) is 6.50. The molecule has 4 aromatic carbocycles. The molecule has 0 saturated carbocycles. The lowest BCUT2D eigenvalue weighted by Gasteiger charge is -2.08. The molecule has 0 aromatic heterocycles. The van der Waals surface area contributed by atoms with Crippen LogP contribution in [0.5, 0.6) is 11.5 Å². The van der Waals surface area contributed by atoms with E-state index in [1.165, 1.54) is 36.4 Å². The average Bonchev–Trinajstić information content (AvgIpc) is 2.89. The number of aromatic carboxylic acids is 2. The summed E-state index contributed by atoms with van der Waals surface area (Å²) in [6, 6.07) is 24.4. The third kappa shape index (κ3) is 5.31. The standard InChI is InChI=1S/C28H18O7/c29-25(19-3-1-5-21(15-19)27(31)32)17-7-11-23(12-8-17)35-24-13-9-18(10-14-24)26(30)20-4-2-6-22(16-20)28(33)34/h1-16H,(H,31,32)(H,33,34). The first-order chi connectivity index (χ1) is 16.8. The number of benzene rings is 4. The van der Waals surface area contributed by atoms with Crippen LogP contribution in [0, 0.1) is 0 Å². The molecular weight excluding hydrogens is 448 g/mol. The molecule has 172 valence electrons. The van der Waals surface area contributed by atoms with Crippen molar-refractivity contribution >= 4 is 23.5 Å². The predicted molar refractivity (Wildman–Crippen MR) is 127 cm³/mol. The lowest BCUT2D eigenvalue weighted by molar-refractivity contribution is 0.0686. The predicted octanol–water partition coefficient (Wildman–Crippen LogP) is 5.34. The van der Waals surface area contributed by atoms with E-state index in [0.29, 0.717) is 22.6 Å². The zero-order valence-corrected chi connectivity index (χ0v) is 18.2. The summed E-state index contributed by atoms with van der Waals surface area (Å²) in [5.74, 6) is -1.90. The van der Waals surface area contributed by atoms with Gasteiger partial charge in [0.05, 0.1) is 11.1 Å². The fourth-order valence-electron chi connectivity index (χ4n) is 3.41. The Labute approximate surface area is 199 Å². The molecule has 4 rings (SSSR count). The van der Waals surface area contributed by atoms with Gasteiger partial charge in [-0.25, -0.2) is 9.59 Å². The minimum atomic E-state index is -1.11. The van der Waals surface area contributed by atoms with Gasteiger partial charge in [0.2, 0.25) is 0 Å². The minimum absolute atomic E-state index is 0.0346. The second-order valence-corrected chi connectivity index (χ2v) is 7.58. The van der Waals surface area contributed by atoms with Crippen molar-refractivity contribution in [3.63, 3.8) is 0 Å². The largest absolute Gasteiger partial charge is 0.478 e. The van der Waals surface area contributed by atoms with Crippen molar-refractivity contribution in [1.29, 1.82) is 0 Å². The zero-order valence-electron chi connectivity index (χ0n) is 18.2. The van der Waals surface area contributed by atoms with E-state index in [9.17, 15) is 19.2 Å². The summed E-state index contributed by atoms with van der Waals surface area (Å²) in [6.07, 6.45) is 0. The molecule has 0 aliphatic rings. The normalized spacial score (nSPS) is 10.4. The van der Waals surface area contributed by atoms with Gasteiger partial charge >= 0.3 is 11.9 Å². The van der Waals surface area contributed by atoms with E-state index in [4.69, 9.17) is 14.9 Å². The fraction of sp³-hybridized carbons (Fsp3) is 0. The van der Waals surface area contributed by atoms with Gasteiger partial charge in [-0.3, -0.25) is 9.59 Å². The number of ketones is 2. The van der Waals surface area contributed by atoms with Crippen molar-refractivity contribution < 1.29 is 34.1 Å². The van der Waals surface area contributed by atoms with Crippen molar-refractivity contribution in [2.24, 2.45) is 0 Å². The van der Waals surface area contributed by atoms with Crippen LogP contribution in [0.25, 0.3) is 0 Å². The van der Waals surface area contributed by atoms with Crippen LogP contribution in [0.1, 0.15) is 52.6 Å². The van der Waals surface area contributed by atoms with Crippen LogP contribution in [0.4, 0.5) is 0 Å². The van der Waals surface area contributed by atoms with Crippen LogP contribution in [0.2, 0.25) is 0 Å². The maximum Gasteiger partial charge on any atom is 0.335 e. The maximum atomic E-state index is 12.7. The van der Waals surface area contributed by atoms with Crippen LogP contribution < -0.4 is 4.74 Å². The zero-order chi connectivity index (χ0) is 24.9. The SMILES string of the molecule is O=C(O)c1cccc(C(=O)c2ccc(Oc3ccc(C(=O)c4cccc(C(=O)O)c4)cc3)cc2)c1. The molecule has 2 N–H and O–H groups in total. The molecule has 0 fully saturated rings. The topological polar surface area (TPSA) is 118 Å². The van der Waals surface area contributed by atoms with Gasteiger partial charge in [0.15, 0.2) is 11.6 Å². The first kappa shape index (κ1) is 23.1. The van der Waals surface area contributed by atoms with Gasteiger partial charge in [0.1, 0.15) is 11.5 Å². The van der Waals surface area contributed by atoms with E-state index < -0.39 is 11.9 Å². The number of carbonyl (C=O) groups is 4.